The van der Waals surface area contributed by atoms with Gasteiger partial charge < -0.3 is 14.4 Å². The van der Waals surface area contributed by atoms with E-state index in [1.54, 1.807) is 49.5 Å². The highest BCUT2D eigenvalue weighted by Crippen LogP contribution is 2.48. The molecule has 6 atom stereocenters. The van der Waals surface area contributed by atoms with Gasteiger partial charge in [0.15, 0.2) is 0 Å². The van der Waals surface area contributed by atoms with Crippen LogP contribution in [-0.4, -0.2) is 109 Å². The molecule has 13 heteroatoms. The molecule has 1 amide bonds. The predicted octanol–water partition coefficient (Wildman–Crippen LogP) is 7.09. The van der Waals surface area contributed by atoms with E-state index in [9.17, 15) is 27.6 Å². The number of piperidine rings is 1. The molecule has 3 saturated heterocycles. The van der Waals surface area contributed by atoms with Crippen LogP contribution in [0.1, 0.15) is 61.5 Å². The van der Waals surface area contributed by atoms with Gasteiger partial charge in [0, 0.05) is 74.8 Å². The molecule has 0 bridgehead atoms. The standard InChI is InChI=1S/C42H48ClF4N3O5/c1-54-32-12-3-26(4-13-32)35-22-49(23-36(35)34-16-7-29(42(45,46)47)21-38(34)48-19-17-28(18-20-48)39(43)52)40(53)41(44)25-50(30-8-10-31(51)11-9-30)24-37(41)27-5-14-33(55-2)15-6-27/h3-7,12-16,21,28,30,34-38H,8-11,17-20,22-25H2,1-2H3/t34?,35-,36+,37-,38?,41-/m0/s1. The van der Waals surface area contributed by atoms with E-state index in [2.05, 4.69) is 0 Å². The lowest BCUT2D eigenvalue weighted by Crippen LogP contribution is -2.51. The van der Waals surface area contributed by atoms with Gasteiger partial charge in [-0.25, -0.2) is 4.39 Å². The number of alkyl halides is 4. The molecule has 2 aliphatic carbocycles. The lowest BCUT2D eigenvalue weighted by molar-refractivity contribution is -0.143. The molecule has 2 unspecified atom stereocenters. The number of methoxy groups -OCH3 is 2. The Morgan fingerprint density at radius 3 is 2.00 bits per heavy atom. The number of amides is 1. The average Bonchev–Trinajstić information content (AvgIpc) is 3.80. The number of rotatable bonds is 9. The second kappa shape index (κ2) is 16.0. The summed E-state index contributed by atoms with van der Waals surface area (Å²) in [6.45, 7) is 1.31. The van der Waals surface area contributed by atoms with Crippen molar-refractivity contribution in [2.45, 2.75) is 74.3 Å². The summed E-state index contributed by atoms with van der Waals surface area (Å²) in [5.41, 5.74) is -1.48. The number of carbonyl (C=O) groups excluding carboxylic acids is 3. The second-order valence-corrected chi connectivity index (χ2v) is 16.2. The Balaban J connectivity index is 1.23. The summed E-state index contributed by atoms with van der Waals surface area (Å²) in [7, 11) is 3.12. The maximum absolute atomic E-state index is 18.1. The van der Waals surface area contributed by atoms with Crippen LogP contribution >= 0.6 is 11.6 Å². The van der Waals surface area contributed by atoms with Crippen molar-refractivity contribution >= 4 is 28.5 Å². The molecule has 296 valence electrons. The number of hydrogen-bond donors (Lipinski definition) is 0. The number of ketones is 1. The Hall–Kier alpha value is -3.74. The van der Waals surface area contributed by atoms with Crippen LogP contribution in [0.5, 0.6) is 11.5 Å². The number of allylic oxidation sites excluding steroid dienone is 2. The summed E-state index contributed by atoms with van der Waals surface area (Å²) < 4.78 is 71.5. The number of nitrogens with zero attached hydrogens (tertiary/aromatic N) is 3. The van der Waals surface area contributed by atoms with Crippen LogP contribution in [0.3, 0.4) is 0 Å². The monoisotopic (exact) mass is 785 g/mol. The zero-order valence-electron chi connectivity index (χ0n) is 31.2. The van der Waals surface area contributed by atoms with Gasteiger partial charge in [0.1, 0.15) is 17.3 Å². The highest BCUT2D eigenvalue weighted by atomic mass is 35.5. The summed E-state index contributed by atoms with van der Waals surface area (Å²) in [5, 5.41) is -0.439. The third kappa shape index (κ3) is 8.09. The van der Waals surface area contributed by atoms with Crippen molar-refractivity contribution in [3.05, 3.63) is 83.5 Å². The number of hydrogen-bond acceptors (Lipinski definition) is 7. The maximum Gasteiger partial charge on any atom is 0.416 e. The molecule has 55 heavy (non-hydrogen) atoms. The number of halogens is 5. The van der Waals surface area contributed by atoms with E-state index in [4.69, 9.17) is 21.1 Å². The van der Waals surface area contributed by atoms with Crippen LogP contribution in [0.15, 0.2) is 72.3 Å². The summed E-state index contributed by atoms with van der Waals surface area (Å²) >= 11 is 5.82. The Morgan fingerprint density at radius 1 is 0.836 bits per heavy atom. The predicted molar refractivity (Wildman–Crippen MR) is 200 cm³/mol. The van der Waals surface area contributed by atoms with Crippen molar-refractivity contribution in [2.75, 3.05) is 53.5 Å². The maximum atomic E-state index is 18.1. The SMILES string of the molecule is COc1ccc([C@@H]2CN(C(=O)[C@]3(F)CN(C4CCC(=O)CC4)C[C@H]3c3ccc(OC)cc3)C[C@@H]2C2C=CC(C(F)(F)F)=CC2N2CCC(C(=O)Cl)CC2)cc1. The first-order chi connectivity index (χ1) is 26.3. The minimum Gasteiger partial charge on any atom is -0.497 e. The molecule has 0 aromatic heterocycles. The van der Waals surface area contributed by atoms with Crippen LogP contribution in [0.4, 0.5) is 17.6 Å². The summed E-state index contributed by atoms with van der Waals surface area (Å²) in [4.78, 5) is 44.6. The first-order valence-electron chi connectivity index (χ1n) is 19.2. The van der Waals surface area contributed by atoms with E-state index in [0.29, 0.717) is 75.2 Å². The van der Waals surface area contributed by atoms with Crippen molar-refractivity contribution in [1.82, 2.24) is 14.7 Å². The summed E-state index contributed by atoms with van der Waals surface area (Å²) in [6.07, 6.45) is 2.43. The molecular formula is C42H48ClF4N3O5. The zero-order chi connectivity index (χ0) is 39.1. The van der Waals surface area contributed by atoms with Gasteiger partial charge in [0.25, 0.3) is 5.91 Å². The third-order valence-corrected chi connectivity index (χ3v) is 13.1. The molecule has 5 aliphatic rings. The van der Waals surface area contributed by atoms with Crippen molar-refractivity contribution in [1.29, 1.82) is 0 Å². The van der Waals surface area contributed by atoms with E-state index in [0.717, 1.165) is 11.6 Å². The smallest absolute Gasteiger partial charge is 0.416 e. The molecule has 2 aromatic carbocycles. The molecule has 4 fully saturated rings. The quantitative estimate of drug-likeness (QED) is 0.199. The van der Waals surface area contributed by atoms with Crippen molar-refractivity contribution in [2.24, 2.45) is 17.8 Å². The summed E-state index contributed by atoms with van der Waals surface area (Å²) in [6, 6.07) is 13.9. The van der Waals surface area contributed by atoms with Crippen molar-refractivity contribution in [3.63, 3.8) is 0 Å². The van der Waals surface area contributed by atoms with Crippen LogP contribution in [0.2, 0.25) is 0 Å². The van der Waals surface area contributed by atoms with E-state index in [-0.39, 0.29) is 49.2 Å². The number of Topliss-reactive ketones (excluding diaryl/α,β-unsaturated/α-hetero) is 1. The van der Waals surface area contributed by atoms with Crippen molar-refractivity contribution < 1.29 is 41.4 Å². The highest BCUT2D eigenvalue weighted by molar-refractivity contribution is 6.64. The molecule has 7 rings (SSSR count). The first kappa shape index (κ1) is 39.5. The van der Waals surface area contributed by atoms with Gasteiger partial charge >= 0.3 is 6.18 Å². The molecular weight excluding hydrogens is 738 g/mol. The molecule has 8 nitrogen and oxygen atoms in total. The van der Waals surface area contributed by atoms with E-state index >= 15 is 4.39 Å². The lowest BCUT2D eigenvalue weighted by atomic mass is 9.73. The minimum absolute atomic E-state index is 0.0248. The number of carbonyl (C=O) groups is 3. The number of benzene rings is 2. The molecule has 3 aliphatic heterocycles. The van der Waals surface area contributed by atoms with Gasteiger partial charge in [-0.1, -0.05) is 42.5 Å². The third-order valence-electron chi connectivity index (χ3n) is 12.8. The van der Waals surface area contributed by atoms with Crippen molar-refractivity contribution in [3.8, 4) is 11.5 Å². The van der Waals surface area contributed by atoms with E-state index in [1.165, 1.54) is 6.08 Å². The molecule has 0 radical (unpaired) electrons. The summed E-state index contributed by atoms with van der Waals surface area (Å²) in [5.74, 6) is -1.46. The fourth-order valence-corrected chi connectivity index (χ4v) is 9.95. The van der Waals surface area contributed by atoms with Gasteiger partial charge in [-0.3, -0.25) is 24.2 Å². The molecule has 0 spiro atoms. The zero-order valence-corrected chi connectivity index (χ0v) is 31.9. The van der Waals surface area contributed by atoms with Gasteiger partial charge in [-0.2, -0.15) is 13.2 Å². The Labute approximate surface area is 324 Å². The van der Waals surface area contributed by atoms with Crippen LogP contribution < -0.4 is 9.47 Å². The van der Waals surface area contributed by atoms with Gasteiger partial charge in [0.2, 0.25) is 10.9 Å². The average molecular weight is 786 g/mol. The van der Waals surface area contributed by atoms with E-state index in [1.807, 2.05) is 34.1 Å². The fraction of sp³-hybridized carbons (Fsp3) is 0.548. The van der Waals surface area contributed by atoms with E-state index < -0.39 is 46.4 Å². The van der Waals surface area contributed by atoms with Crippen LogP contribution in [0.25, 0.3) is 0 Å². The lowest BCUT2D eigenvalue weighted by Gasteiger charge is -2.43. The Bertz CT molecular complexity index is 1790. The molecule has 3 heterocycles. The fourth-order valence-electron chi connectivity index (χ4n) is 9.73. The minimum atomic E-state index is -4.56. The first-order valence-corrected chi connectivity index (χ1v) is 19.6. The largest absolute Gasteiger partial charge is 0.497 e. The normalized spacial score (nSPS) is 30.1. The van der Waals surface area contributed by atoms with Crippen LogP contribution in [-0.2, 0) is 14.4 Å². The van der Waals surface area contributed by atoms with Crippen LogP contribution in [0, 0.1) is 17.8 Å². The number of likely N-dealkylation sites (tertiary alicyclic amines) is 3. The molecule has 0 N–H and O–H groups in total. The Morgan fingerprint density at radius 2 is 1.44 bits per heavy atom. The van der Waals surface area contributed by atoms with Gasteiger partial charge in [-0.15, -0.1) is 0 Å². The second-order valence-electron chi connectivity index (χ2n) is 15.8. The Kier molecular flexibility index (Phi) is 11.5. The van der Waals surface area contributed by atoms with Gasteiger partial charge in [-0.05, 0) is 91.7 Å². The topological polar surface area (TPSA) is 79.4 Å². The molecule has 2 aromatic rings. The highest BCUT2D eigenvalue weighted by Gasteiger charge is 2.58. The molecule has 1 saturated carbocycles. The number of ether oxygens (including phenoxy) is 2. The van der Waals surface area contributed by atoms with Gasteiger partial charge in [0.05, 0.1) is 19.8 Å².